The summed E-state index contributed by atoms with van der Waals surface area (Å²) < 4.78 is 5.13. The van der Waals surface area contributed by atoms with Crippen LogP contribution in [0.2, 0.25) is 4.34 Å². The quantitative estimate of drug-likeness (QED) is 0.877. The van der Waals surface area contributed by atoms with Crippen molar-refractivity contribution < 1.29 is 0 Å². The van der Waals surface area contributed by atoms with Gasteiger partial charge in [-0.05, 0) is 25.0 Å². The predicted octanol–water partition coefficient (Wildman–Crippen LogP) is 3.86. The summed E-state index contributed by atoms with van der Waals surface area (Å²) in [5.41, 5.74) is 0. The van der Waals surface area contributed by atoms with Crippen LogP contribution < -0.4 is 5.32 Å². The van der Waals surface area contributed by atoms with E-state index in [1.807, 2.05) is 6.07 Å². The monoisotopic (exact) mass is 287 g/mol. The van der Waals surface area contributed by atoms with Crippen LogP contribution in [0.15, 0.2) is 12.1 Å². The van der Waals surface area contributed by atoms with E-state index in [0.717, 1.165) is 41.1 Å². The summed E-state index contributed by atoms with van der Waals surface area (Å²) in [4.78, 5) is 5.70. The maximum atomic E-state index is 5.87. The Morgan fingerprint density at radius 2 is 2.24 bits per heavy atom. The van der Waals surface area contributed by atoms with Crippen molar-refractivity contribution in [2.75, 3.05) is 11.9 Å². The highest BCUT2D eigenvalue weighted by Crippen LogP contribution is 2.21. The lowest BCUT2D eigenvalue weighted by Gasteiger charge is -1.99. The zero-order valence-electron chi connectivity index (χ0n) is 9.57. The normalized spacial score (nSPS) is 10.7. The largest absolute Gasteiger partial charge is 0.360 e. The first kappa shape index (κ1) is 12.8. The van der Waals surface area contributed by atoms with E-state index in [9.17, 15) is 0 Å². The fourth-order valence-electron chi connectivity index (χ4n) is 1.43. The summed E-state index contributed by atoms with van der Waals surface area (Å²) in [6.07, 6.45) is 3.02. The number of aryl methyl sites for hydroxylation is 1. The Hall–Kier alpha value is -0.650. The third-order valence-corrected chi connectivity index (χ3v) is 4.22. The average Bonchev–Trinajstić information content (AvgIpc) is 2.89. The lowest BCUT2D eigenvalue weighted by Crippen LogP contribution is -2.03. The molecule has 2 heterocycles. The first-order valence-electron chi connectivity index (χ1n) is 5.58. The topological polar surface area (TPSA) is 37.8 Å². The number of aromatic nitrogens is 2. The smallest absolute Gasteiger partial charge is 0.202 e. The molecule has 0 amide bonds. The van der Waals surface area contributed by atoms with Gasteiger partial charge in [-0.3, -0.25) is 0 Å². The van der Waals surface area contributed by atoms with Crippen LogP contribution in [0.4, 0.5) is 5.13 Å². The van der Waals surface area contributed by atoms with Crippen LogP contribution in [0.25, 0.3) is 0 Å². The molecule has 2 rings (SSSR count). The van der Waals surface area contributed by atoms with E-state index in [-0.39, 0.29) is 0 Å². The van der Waals surface area contributed by atoms with E-state index in [2.05, 4.69) is 27.7 Å². The molecule has 0 saturated heterocycles. The molecule has 2 aromatic heterocycles. The second-order valence-corrected chi connectivity index (χ2v) is 6.20. The maximum Gasteiger partial charge on any atom is 0.202 e. The van der Waals surface area contributed by atoms with Gasteiger partial charge in [0.05, 0.1) is 4.34 Å². The lowest BCUT2D eigenvalue weighted by molar-refractivity contribution is 0.860. The Kier molecular flexibility index (Phi) is 4.76. The molecule has 17 heavy (non-hydrogen) atoms. The molecule has 0 aliphatic heterocycles. The van der Waals surface area contributed by atoms with Crippen molar-refractivity contribution in [3.63, 3.8) is 0 Å². The van der Waals surface area contributed by atoms with Crippen molar-refractivity contribution >= 4 is 39.6 Å². The Bertz CT molecular complexity index is 467. The third kappa shape index (κ3) is 3.94. The van der Waals surface area contributed by atoms with Gasteiger partial charge in [-0.2, -0.15) is 4.37 Å². The highest BCUT2D eigenvalue weighted by Gasteiger charge is 2.03. The molecular weight excluding hydrogens is 274 g/mol. The summed E-state index contributed by atoms with van der Waals surface area (Å²) >= 11 is 8.94. The lowest BCUT2D eigenvalue weighted by atomic mass is 10.3. The molecule has 0 aromatic carbocycles. The van der Waals surface area contributed by atoms with Crippen molar-refractivity contribution in [2.24, 2.45) is 0 Å². The number of nitrogens with zero attached hydrogens (tertiary/aromatic N) is 2. The standard InChI is InChI=1S/C11H14ClN3S2/c1-2-3-10-14-11(17-15-10)13-7-6-8-4-5-9(12)16-8/h4-5H,2-3,6-7H2,1H3,(H,13,14,15). The van der Waals surface area contributed by atoms with E-state index < -0.39 is 0 Å². The molecule has 92 valence electrons. The maximum absolute atomic E-state index is 5.87. The summed E-state index contributed by atoms with van der Waals surface area (Å²) in [7, 11) is 0. The molecule has 0 bridgehead atoms. The van der Waals surface area contributed by atoms with Gasteiger partial charge >= 0.3 is 0 Å². The minimum atomic E-state index is 0.848. The van der Waals surface area contributed by atoms with E-state index in [1.165, 1.54) is 16.4 Å². The first-order chi connectivity index (χ1) is 8.28. The molecule has 1 N–H and O–H groups in total. The van der Waals surface area contributed by atoms with Crippen molar-refractivity contribution in [1.82, 2.24) is 9.36 Å². The Labute approximate surface area is 114 Å². The summed E-state index contributed by atoms with van der Waals surface area (Å²) in [5.74, 6) is 0.944. The number of anilines is 1. The SMILES string of the molecule is CCCc1nsc(NCCc2ccc(Cl)s2)n1. The minimum absolute atomic E-state index is 0.848. The van der Waals surface area contributed by atoms with Crippen LogP contribution >= 0.6 is 34.5 Å². The van der Waals surface area contributed by atoms with Gasteiger partial charge in [0.25, 0.3) is 0 Å². The van der Waals surface area contributed by atoms with Gasteiger partial charge in [0.15, 0.2) is 0 Å². The molecule has 0 atom stereocenters. The van der Waals surface area contributed by atoms with E-state index in [4.69, 9.17) is 11.6 Å². The van der Waals surface area contributed by atoms with Crippen LogP contribution in [0, 0.1) is 0 Å². The zero-order chi connectivity index (χ0) is 12.1. The summed E-state index contributed by atoms with van der Waals surface area (Å²) in [6.45, 7) is 3.01. The predicted molar refractivity (Wildman–Crippen MR) is 75.4 cm³/mol. The molecule has 0 saturated carbocycles. The number of rotatable bonds is 6. The van der Waals surface area contributed by atoms with Crippen LogP contribution in [0.5, 0.6) is 0 Å². The van der Waals surface area contributed by atoms with Gasteiger partial charge in [-0.15, -0.1) is 11.3 Å². The highest BCUT2D eigenvalue weighted by molar-refractivity contribution is 7.16. The van der Waals surface area contributed by atoms with Crippen molar-refractivity contribution in [3.05, 3.63) is 27.2 Å². The second kappa shape index (κ2) is 6.33. The molecule has 6 heteroatoms. The fourth-order valence-corrected chi connectivity index (χ4v) is 3.15. The molecule has 0 aliphatic rings. The van der Waals surface area contributed by atoms with Gasteiger partial charge in [0.1, 0.15) is 5.82 Å². The molecule has 2 aromatic rings. The Morgan fingerprint density at radius 3 is 2.94 bits per heavy atom. The van der Waals surface area contributed by atoms with Crippen molar-refractivity contribution in [2.45, 2.75) is 26.2 Å². The minimum Gasteiger partial charge on any atom is -0.360 e. The van der Waals surface area contributed by atoms with Gasteiger partial charge in [0.2, 0.25) is 5.13 Å². The van der Waals surface area contributed by atoms with Crippen LogP contribution in [-0.2, 0) is 12.8 Å². The number of hydrogen-bond donors (Lipinski definition) is 1. The molecule has 0 aliphatic carbocycles. The first-order valence-corrected chi connectivity index (χ1v) is 7.55. The fraction of sp³-hybridized carbons (Fsp3) is 0.455. The molecular formula is C11H14ClN3S2. The van der Waals surface area contributed by atoms with Crippen LogP contribution in [0.3, 0.4) is 0 Å². The molecule has 0 spiro atoms. The van der Waals surface area contributed by atoms with E-state index in [0.29, 0.717) is 0 Å². The van der Waals surface area contributed by atoms with Gasteiger partial charge in [-0.1, -0.05) is 18.5 Å². The van der Waals surface area contributed by atoms with Crippen molar-refractivity contribution in [3.8, 4) is 0 Å². The second-order valence-electron chi connectivity index (χ2n) is 3.65. The Morgan fingerprint density at radius 1 is 1.35 bits per heavy atom. The Balaban J connectivity index is 1.77. The van der Waals surface area contributed by atoms with Gasteiger partial charge in [0, 0.05) is 29.4 Å². The molecule has 0 radical (unpaired) electrons. The number of hydrogen-bond acceptors (Lipinski definition) is 5. The molecule has 3 nitrogen and oxygen atoms in total. The number of halogens is 1. The van der Waals surface area contributed by atoms with Crippen LogP contribution in [0.1, 0.15) is 24.0 Å². The van der Waals surface area contributed by atoms with Crippen molar-refractivity contribution in [1.29, 1.82) is 0 Å². The van der Waals surface area contributed by atoms with Gasteiger partial charge in [-0.25, -0.2) is 4.98 Å². The molecule has 0 fully saturated rings. The zero-order valence-corrected chi connectivity index (χ0v) is 12.0. The average molecular weight is 288 g/mol. The molecule has 0 unspecified atom stereocenters. The summed E-state index contributed by atoms with van der Waals surface area (Å²) in [5, 5.41) is 4.20. The van der Waals surface area contributed by atoms with E-state index in [1.54, 1.807) is 11.3 Å². The summed E-state index contributed by atoms with van der Waals surface area (Å²) in [6, 6.07) is 4.00. The number of thiophene rings is 1. The number of nitrogens with one attached hydrogen (secondary N) is 1. The highest BCUT2D eigenvalue weighted by atomic mass is 35.5. The third-order valence-electron chi connectivity index (χ3n) is 2.22. The van der Waals surface area contributed by atoms with Crippen LogP contribution in [-0.4, -0.2) is 15.9 Å². The van der Waals surface area contributed by atoms with E-state index >= 15 is 0 Å². The van der Waals surface area contributed by atoms with Gasteiger partial charge < -0.3 is 5.32 Å².